The summed E-state index contributed by atoms with van der Waals surface area (Å²) in [5.74, 6) is 0.0657. The fourth-order valence-electron chi connectivity index (χ4n) is 8.06. The van der Waals surface area contributed by atoms with Crippen LogP contribution >= 0.6 is 0 Å². The molecule has 5 fully saturated rings. The van der Waals surface area contributed by atoms with E-state index in [-0.39, 0.29) is 17.4 Å². The van der Waals surface area contributed by atoms with Crippen LogP contribution in [0.2, 0.25) is 0 Å². The number of rotatable bonds is 8. The van der Waals surface area contributed by atoms with Gasteiger partial charge >= 0.3 is 0 Å². The Bertz CT molecular complexity index is 1170. The lowest BCUT2D eigenvalue weighted by Crippen LogP contribution is -2.59. The minimum Gasteiger partial charge on any atom is -0.354 e. The summed E-state index contributed by atoms with van der Waals surface area (Å²) in [5.41, 5.74) is 7.26. The van der Waals surface area contributed by atoms with Gasteiger partial charge in [-0.2, -0.15) is 0 Å². The van der Waals surface area contributed by atoms with Gasteiger partial charge in [0.15, 0.2) is 11.6 Å². The lowest BCUT2D eigenvalue weighted by Gasteiger charge is -2.60. The first-order valence-corrected chi connectivity index (χ1v) is 13.2. The number of ketones is 1. The number of benzene rings is 1. The van der Waals surface area contributed by atoms with Crippen LogP contribution in [0.4, 0.5) is 8.78 Å². The molecular formula is C29H33F2N3O2. The number of nitrogens with zero attached hydrogens (tertiary/aromatic N) is 1. The summed E-state index contributed by atoms with van der Waals surface area (Å²) in [6, 6.07) is 7.40. The van der Waals surface area contributed by atoms with E-state index in [1.54, 1.807) is 12.4 Å². The number of carbonyl (C=O) groups is 2. The Labute approximate surface area is 210 Å². The molecule has 1 amide bonds. The van der Waals surface area contributed by atoms with Crippen LogP contribution in [0.25, 0.3) is 0 Å². The van der Waals surface area contributed by atoms with Gasteiger partial charge in [-0.05, 0) is 104 Å². The summed E-state index contributed by atoms with van der Waals surface area (Å²) in [6.45, 7) is 0.366. The van der Waals surface area contributed by atoms with Crippen molar-refractivity contribution in [3.8, 4) is 0 Å². The number of halogens is 2. The average Bonchev–Trinajstić information content (AvgIpc) is 3.66. The van der Waals surface area contributed by atoms with Crippen LogP contribution in [0.15, 0.2) is 42.7 Å². The average molecular weight is 494 g/mol. The second-order valence-corrected chi connectivity index (χ2v) is 11.9. The molecule has 5 nitrogen and oxygen atoms in total. The van der Waals surface area contributed by atoms with Crippen molar-refractivity contribution in [2.24, 2.45) is 34.8 Å². The van der Waals surface area contributed by atoms with E-state index < -0.39 is 17.0 Å². The van der Waals surface area contributed by atoms with Crippen LogP contribution in [-0.2, 0) is 21.4 Å². The van der Waals surface area contributed by atoms with Crippen LogP contribution in [0.1, 0.15) is 56.1 Å². The van der Waals surface area contributed by atoms with Gasteiger partial charge in [-0.1, -0.05) is 6.07 Å². The van der Waals surface area contributed by atoms with Crippen molar-refractivity contribution in [2.75, 3.05) is 6.54 Å². The highest BCUT2D eigenvalue weighted by Crippen LogP contribution is 2.63. The fourth-order valence-corrected chi connectivity index (χ4v) is 8.06. The molecule has 0 radical (unpaired) electrons. The highest BCUT2D eigenvalue weighted by Gasteiger charge is 2.59. The van der Waals surface area contributed by atoms with Gasteiger partial charge in [0.2, 0.25) is 5.91 Å². The van der Waals surface area contributed by atoms with Gasteiger partial charge in [0.25, 0.3) is 0 Å². The van der Waals surface area contributed by atoms with Gasteiger partial charge in [-0.15, -0.1) is 0 Å². The van der Waals surface area contributed by atoms with Crippen LogP contribution in [-0.4, -0.2) is 29.3 Å². The van der Waals surface area contributed by atoms with E-state index in [9.17, 15) is 18.4 Å². The standard InChI is InChI=1S/C29H33F2N3O2/c30-22-2-1-21(12-23(22)31)29(5-6-29)27(36)34-16-24(32)26-19-9-18-10-20(26)15-28(13-18,14-19)25(35)11-17-3-7-33-8-4-17/h1-4,7-8,12,18-20,24,26H,5-6,9-11,13-16,32H2,(H,34,36). The lowest BCUT2D eigenvalue weighted by atomic mass is 9.44. The van der Waals surface area contributed by atoms with Crippen molar-refractivity contribution in [3.05, 3.63) is 65.5 Å². The molecule has 1 aromatic heterocycles. The van der Waals surface area contributed by atoms with Gasteiger partial charge in [-0.25, -0.2) is 8.78 Å². The van der Waals surface area contributed by atoms with E-state index in [0.29, 0.717) is 60.8 Å². The Kier molecular flexibility index (Phi) is 5.74. The maximum absolute atomic E-state index is 13.8. The second kappa shape index (κ2) is 8.72. The third-order valence-corrected chi connectivity index (χ3v) is 9.70. The number of nitrogens with two attached hydrogens (primary N) is 1. The molecule has 4 bridgehead atoms. The predicted molar refractivity (Wildman–Crippen MR) is 131 cm³/mol. The first-order chi connectivity index (χ1) is 17.3. The van der Waals surface area contributed by atoms with Crippen molar-refractivity contribution in [2.45, 2.75) is 62.8 Å². The number of aromatic nitrogens is 1. The summed E-state index contributed by atoms with van der Waals surface area (Å²) in [4.78, 5) is 30.7. The zero-order valence-electron chi connectivity index (χ0n) is 20.4. The Morgan fingerprint density at radius 2 is 1.72 bits per heavy atom. The predicted octanol–water partition coefficient (Wildman–Crippen LogP) is 4.09. The molecule has 5 aliphatic carbocycles. The zero-order valence-corrected chi connectivity index (χ0v) is 20.4. The van der Waals surface area contributed by atoms with Crippen molar-refractivity contribution in [1.82, 2.24) is 10.3 Å². The number of carbonyl (C=O) groups excluding carboxylic acids is 2. The topological polar surface area (TPSA) is 85.1 Å². The van der Waals surface area contributed by atoms with Gasteiger partial charge in [0.1, 0.15) is 5.78 Å². The van der Waals surface area contributed by atoms with Crippen LogP contribution < -0.4 is 11.1 Å². The number of pyridine rings is 1. The molecule has 3 N–H and O–H groups in total. The molecule has 7 heteroatoms. The first kappa shape index (κ1) is 23.7. The number of hydrogen-bond donors (Lipinski definition) is 2. The molecule has 3 unspecified atom stereocenters. The molecule has 3 atom stereocenters. The second-order valence-electron chi connectivity index (χ2n) is 11.9. The van der Waals surface area contributed by atoms with Crippen LogP contribution in [0, 0.1) is 40.7 Å². The molecule has 0 aliphatic heterocycles. The van der Waals surface area contributed by atoms with Gasteiger partial charge in [-0.3, -0.25) is 14.6 Å². The maximum atomic E-state index is 13.8. The monoisotopic (exact) mass is 493 g/mol. The molecule has 190 valence electrons. The van der Waals surface area contributed by atoms with Crippen molar-refractivity contribution >= 4 is 11.7 Å². The van der Waals surface area contributed by atoms with E-state index >= 15 is 0 Å². The fraction of sp³-hybridized carbons (Fsp3) is 0.552. The number of Topliss-reactive ketones (excluding diaryl/α,β-unsaturated/α-hetero) is 1. The third kappa shape index (κ3) is 3.96. The smallest absolute Gasteiger partial charge is 0.230 e. The minimum atomic E-state index is -0.927. The van der Waals surface area contributed by atoms with E-state index in [0.717, 1.165) is 49.8 Å². The van der Waals surface area contributed by atoms with Gasteiger partial charge < -0.3 is 11.1 Å². The van der Waals surface area contributed by atoms with E-state index in [1.807, 2.05) is 12.1 Å². The van der Waals surface area contributed by atoms with Crippen LogP contribution in [0.5, 0.6) is 0 Å². The molecule has 2 aromatic rings. The SMILES string of the molecule is NC(CNC(=O)C1(c2ccc(F)c(F)c2)CC1)C1C2CC3CC1CC(C(=O)Cc1ccncc1)(C3)C2. The normalized spacial score (nSPS) is 32.2. The number of amides is 1. The molecular weight excluding hydrogens is 460 g/mol. The van der Waals surface area contributed by atoms with Gasteiger partial charge in [0.05, 0.1) is 5.41 Å². The summed E-state index contributed by atoms with van der Waals surface area (Å²) in [6.07, 6.45) is 10.2. The highest BCUT2D eigenvalue weighted by molar-refractivity contribution is 5.91. The van der Waals surface area contributed by atoms with Gasteiger partial charge in [0, 0.05) is 36.8 Å². The number of hydrogen-bond acceptors (Lipinski definition) is 4. The Morgan fingerprint density at radius 1 is 1.03 bits per heavy atom. The van der Waals surface area contributed by atoms with E-state index in [2.05, 4.69) is 10.3 Å². The Morgan fingerprint density at radius 3 is 2.36 bits per heavy atom. The molecule has 0 spiro atoms. The van der Waals surface area contributed by atoms with Crippen LogP contribution in [0.3, 0.4) is 0 Å². The van der Waals surface area contributed by atoms with E-state index in [4.69, 9.17) is 5.73 Å². The zero-order chi connectivity index (χ0) is 25.1. The molecule has 1 aromatic carbocycles. The van der Waals surface area contributed by atoms with Crippen molar-refractivity contribution < 1.29 is 18.4 Å². The third-order valence-electron chi connectivity index (χ3n) is 9.70. The molecule has 5 saturated carbocycles. The van der Waals surface area contributed by atoms with E-state index in [1.165, 1.54) is 6.07 Å². The largest absolute Gasteiger partial charge is 0.354 e. The van der Waals surface area contributed by atoms with Crippen molar-refractivity contribution in [1.29, 1.82) is 0 Å². The first-order valence-electron chi connectivity index (χ1n) is 13.2. The molecule has 5 aliphatic rings. The quantitative estimate of drug-likeness (QED) is 0.580. The molecule has 7 rings (SSSR count). The summed E-state index contributed by atoms with van der Waals surface area (Å²) in [5, 5.41) is 3.04. The molecule has 0 saturated heterocycles. The molecule has 36 heavy (non-hydrogen) atoms. The lowest BCUT2D eigenvalue weighted by molar-refractivity contribution is -0.151. The summed E-state index contributed by atoms with van der Waals surface area (Å²) in [7, 11) is 0. The van der Waals surface area contributed by atoms with Crippen molar-refractivity contribution in [3.63, 3.8) is 0 Å². The summed E-state index contributed by atoms with van der Waals surface area (Å²) >= 11 is 0. The Hall–Kier alpha value is -2.67. The Balaban J connectivity index is 1.11. The summed E-state index contributed by atoms with van der Waals surface area (Å²) < 4.78 is 27.2. The highest BCUT2D eigenvalue weighted by atomic mass is 19.2. The molecule has 1 heterocycles. The maximum Gasteiger partial charge on any atom is 0.230 e. The number of nitrogens with one attached hydrogen (secondary N) is 1. The minimum absolute atomic E-state index is 0.156.